The zero-order chi connectivity index (χ0) is 15.1. The highest BCUT2D eigenvalue weighted by Gasteiger charge is 2.15. The van der Waals surface area contributed by atoms with E-state index in [0.717, 1.165) is 6.42 Å². The Morgan fingerprint density at radius 2 is 2.05 bits per heavy atom. The number of benzene rings is 1. The van der Waals surface area contributed by atoms with Gasteiger partial charge in [0.1, 0.15) is 5.82 Å². The van der Waals surface area contributed by atoms with Crippen LogP contribution in [0.1, 0.15) is 30.6 Å². The van der Waals surface area contributed by atoms with Gasteiger partial charge >= 0.3 is 0 Å². The fourth-order valence-electron chi connectivity index (χ4n) is 1.80. The quantitative estimate of drug-likeness (QED) is 0.877. The Hall–Kier alpha value is -1.62. The molecule has 0 aliphatic carbocycles. The largest absolute Gasteiger partial charge is 0.350 e. The molecule has 4 nitrogen and oxygen atoms in total. The molecule has 0 unspecified atom stereocenters. The minimum absolute atomic E-state index is 0.0509. The van der Waals surface area contributed by atoms with Crippen LogP contribution in [0.2, 0.25) is 5.02 Å². The first-order chi connectivity index (χ1) is 9.47. The minimum atomic E-state index is -0.660. The molecule has 0 heterocycles. The van der Waals surface area contributed by atoms with E-state index in [1.807, 2.05) is 6.92 Å². The lowest BCUT2D eigenvalue weighted by Crippen LogP contribution is -2.38. The van der Waals surface area contributed by atoms with Gasteiger partial charge in [0.2, 0.25) is 5.91 Å². The highest BCUT2D eigenvalue weighted by molar-refractivity contribution is 6.33. The van der Waals surface area contributed by atoms with Crippen molar-refractivity contribution in [1.82, 2.24) is 10.2 Å². The maximum atomic E-state index is 13.5. The molecule has 2 amide bonds. The van der Waals surface area contributed by atoms with Crippen molar-refractivity contribution in [3.05, 3.63) is 34.6 Å². The summed E-state index contributed by atoms with van der Waals surface area (Å²) >= 11 is 5.80. The van der Waals surface area contributed by atoms with Crippen LogP contribution in [0.15, 0.2) is 18.2 Å². The van der Waals surface area contributed by atoms with E-state index in [1.54, 1.807) is 4.90 Å². The van der Waals surface area contributed by atoms with Crippen molar-refractivity contribution in [2.75, 3.05) is 19.6 Å². The van der Waals surface area contributed by atoms with E-state index in [4.69, 9.17) is 11.6 Å². The number of amides is 2. The van der Waals surface area contributed by atoms with E-state index in [0.29, 0.717) is 13.1 Å². The normalized spacial score (nSPS) is 10.2. The molecule has 1 rings (SSSR count). The molecule has 0 aliphatic rings. The second kappa shape index (κ2) is 7.85. The number of hydrogen-bond donors (Lipinski definition) is 1. The molecule has 0 bridgehead atoms. The number of carbonyl (C=O) groups is 2. The number of carbonyl (C=O) groups excluding carboxylic acids is 2. The van der Waals surface area contributed by atoms with E-state index in [1.165, 1.54) is 25.1 Å². The van der Waals surface area contributed by atoms with Gasteiger partial charge in [-0.3, -0.25) is 9.59 Å². The zero-order valence-corrected chi connectivity index (χ0v) is 12.3. The molecule has 0 fully saturated rings. The summed E-state index contributed by atoms with van der Waals surface area (Å²) in [6.45, 7) is 4.72. The van der Waals surface area contributed by atoms with Crippen LogP contribution in [0.25, 0.3) is 0 Å². The van der Waals surface area contributed by atoms with Crippen molar-refractivity contribution in [2.45, 2.75) is 20.3 Å². The summed E-state index contributed by atoms with van der Waals surface area (Å²) in [6.07, 6.45) is 0.840. The molecule has 20 heavy (non-hydrogen) atoms. The highest BCUT2D eigenvalue weighted by Crippen LogP contribution is 2.18. The monoisotopic (exact) mass is 300 g/mol. The third kappa shape index (κ3) is 4.49. The smallest absolute Gasteiger partial charge is 0.255 e. The molecular formula is C14H18ClFN2O2. The summed E-state index contributed by atoms with van der Waals surface area (Å²) in [6, 6.07) is 4.07. The summed E-state index contributed by atoms with van der Waals surface area (Å²) in [4.78, 5) is 24.8. The van der Waals surface area contributed by atoms with Crippen molar-refractivity contribution < 1.29 is 14.0 Å². The summed E-state index contributed by atoms with van der Waals surface area (Å²) in [5.41, 5.74) is -0.168. The number of hydrogen-bond acceptors (Lipinski definition) is 2. The van der Waals surface area contributed by atoms with Gasteiger partial charge in [-0.2, -0.15) is 0 Å². The van der Waals surface area contributed by atoms with Crippen LogP contribution in [0, 0.1) is 5.82 Å². The van der Waals surface area contributed by atoms with E-state index < -0.39 is 11.7 Å². The first-order valence-electron chi connectivity index (χ1n) is 6.45. The van der Waals surface area contributed by atoms with Crippen LogP contribution in [0.5, 0.6) is 0 Å². The van der Waals surface area contributed by atoms with Crippen molar-refractivity contribution in [2.24, 2.45) is 0 Å². The third-order valence-electron chi connectivity index (χ3n) is 2.80. The van der Waals surface area contributed by atoms with Crippen molar-refractivity contribution >= 4 is 23.4 Å². The Bertz CT molecular complexity index is 474. The average molecular weight is 301 g/mol. The lowest BCUT2D eigenvalue weighted by molar-refractivity contribution is -0.128. The SMILES string of the molecule is CCCN(CCNC(=O)c1c(F)cccc1Cl)C(C)=O. The van der Waals surface area contributed by atoms with E-state index in [2.05, 4.69) is 5.32 Å². The second-order valence-electron chi connectivity index (χ2n) is 4.36. The molecular weight excluding hydrogens is 283 g/mol. The molecule has 0 atom stereocenters. The fourth-order valence-corrected chi connectivity index (χ4v) is 2.05. The van der Waals surface area contributed by atoms with Crippen LogP contribution in [0.3, 0.4) is 0 Å². The maximum absolute atomic E-state index is 13.5. The van der Waals surface area contributed by atoms with Gasteiger partial charge in [0.25, 0.3) is 5.91 Å². The maximum Gasteiger partial charge on any atom is 0.255 e. The molecule has 110 valence electrons. The van der Waals surface area contributed by atoms with E-state index >= 15 is 0 Å². The summed E-state index contributed by atoms with van der Waals surface area (Å²) in [7, 11) is 0. The van der Waals surface area contributed by atoms with Crippen LogP contribution in [0.4, 0.5) is 4.39 Å². The molecule has 1 aromatic rings. The molecule has 0 saturated carbocycles. The van der Waals surface area contributed by atoms with Gasteiger partial charge in [-0.25, -0.2) is 4.39 Å². The number of halogens is 2. The number of nitrogens with one attached hydrogen (secondary N) is 1. The first-order valence-corrected chi connectivity index (χ1v) is 6.82. The van der Waals surface area contributed by atoms with Crippen LogP contribution in [-0.4, -0.2) is 36.3 Å². The number of nitrogens with zero attached hydrogens (tertiary/aromatic N) is 1. The van der Waals surface area contributed by atoms with Crippen LogP contribution in [-0.2, 0) is 4.79 Å². The van der Waals surface area contributed by atoms with Crippen molar-refractivity contribution in [1.29, 1.82) is 0 Å². The van der Waals surface area contributed by atoms with Crippen molar-refractivity contribution in [3.63, 3.8) is 0 Å². The Labute approximate surface area is 122 Å². The minimum Gasteiger partial charge on any atom is -0.350 e. The molecule has 6 heteroatoms. The second-order valence-corrected chi connectivity index (χ2v) is 4.77. The van der Waals surface area contributed by atoms with Gasteiger partial charge in [0.15, 0.2) is 0 Å². The lowest BCUT2D eigenvalue weighted by Gasteiger charge is -2.20. The van der Waals surface area contributed by atoms with Crippen LogP contribution < -0.4 is 5.32 Å². The summed E-state index contributed by atoms with van der Waals surface area (Å²) in [5, 5.41) is 2.64. The molecule has 0 saturated heterocycles. The Kier molecular flexibility index (Phi) is 6.45. The zero-order valence-electron chi connectivity index (χ0n) is 11.6. The van der Waals surface area contributed by atoms with Gasteiger partial charge in [0, 0.05) is 26.6 Å². The fraction of sp³-hybridized carbons (Fsp3) is 0.429. The van der Waals surface area contributed by atoms with Gasteiger partial charge in [-0.05, 0) is 18.6 Å². The molecule has 0 spiro atoms. The first kappa shape index (κ1) is 16.4. The van der Waals surface area contributed by atoms with Crippen molar-refractivity contribution in [3.8, 4) is 0 Å². The Morgan fingerprint density at radius 3 is 2.60 bits per heavy atom. The number of rotatable bonds is 6. The summed E-state index contributed by atoms with van der Waals surface area (Å²) < 4.78 is 13.5. The predicted octanol–water partition coefficient (Wildman–Crippen LogP) is 2.47. The molecule has 0 aliphatic heterocycles. The van der Waals surface area contributed by atoms with Gasteiger partial charge in [-0.15, -0.1) is 0 Å². The third-order valence-corrected chi connectivity index (χ3v) is 3.11. The predicted molar refractivity (Wildman–Crippen MR) is 76.3 cm³/mol. The van der Waals surface area contributed by atoms with Crippen LogP contribution >= 0.6 is 11.6 Å². The Balaban J connectivity index is 2.57. The highest BCUT2D eigenvalue weighted by atomic mass is 35.5. The standard InChI is InChI=1S/C14H18ClFN2O2/c1-3-8-18(10(2)19)9-7-17-14(20)13-11(15)5-4-6-12(13)16/h4-6H,3,7-9H2,1-2H3,(H,17,20). The van der Waals surface area contributed by atoms with Gasteiger partial charge < -0.3 is 10.2 Å². The Morgan fingerprint density at radius 1 is 1.35 bits per heavy atom. The van der Waals surface area contributed by atoms with Gasteiger partial charge in [-0.1, -0.05) is 24.6 Å². The molecule has 1 N–H and O–H groups in total. The summed E-state index contributed by atoms with van der Waals surface area (Å²) in [5.74, 6) is -1.29. The molecule has 0 aromatic heterocycles. The van der Waals surface area contributed by atoms with E-state index in [-0.39, 0.29) is 23.0 Å². The molecule has 1 aromatic carbocycles. The molecule has 0 radical (unpaired) electrons. The average Bonchev–Trinajstić information content (AvgIpc) is 2.37. The van der Waals surface area contributed by atoms with Gasteiger partial charge in [0.05, 0.1) is 10.6 Å². The topological polar surface area (TPSA) is 49.4 Å². The lowest BCUT2D eigenvalue weighted by atomic mass is 10.2. The van der Waals surface area contributed by atoms with E-state index in [9.17, 15) is 14.0 Å².